The Labute approximate surface area is 155 Å². The SMILES string of the molecule is CCN(CC)CCCNC(=O)CN1CCN(c2ccccc2OC)C1=O. The van der Waals surface area contributed by atoms with Crippen molar-refractivity contribution in [1.82, 2.24) is 15.1 Å². The number of nitrogens with zero attached hydrogens (tertiary/aromatic N) is 3. The van der Waals surface area contributed by atoms with Crippen molar-refractivity contribution in [2.24, 2.45) is 0 Å². The Bertz CT molecular complexity index is 604. The van der Waals surface area contributed by atoms with E-state index in [1.165, 1.54) is 0 Å². The maximum atomic E-state index is 12.6. The number of para-hydroxylation sites is 2. The van der Waals surface area contributed by atoms with Gasteiger partial charge in [-0.25, -0.2) is 4.79 Å². The largest absolute Gasteiger partial charge is 0.495 e. The van der Waals surface area contributed by atoms with E-state index in [2.05, 4.69) is 24.1 Å². The predicted molar refractivity (Wildman–Crippen MR) is 103 cm³/mol. The molecule has 1 aromatic carbocycles. The van der Waals surface area contributed by atoms with Gasteiger partial charge in [-0.15, -0.1) is 0 Å². The summed E-state index contributed by atoms with van der Waals surface area (Å²) in [5, 5.41) is 2.91. The Morgan fingerprint density at radius 2 is 1.96 bits per heavy atom. The van der Waals surface area contributed by atoms with E-state index in [-0.39, 0.29) is 18.5 Å². The van der Waals surface area contributed by atoms with Crippen molar-refractivity contribution in [1.29, 1.82) is 0 Å². The summed E-state index contributed by atoms with van der Waals surface area (Å²) in [7, 11) is 1.59. The summed E-state index contributed by atoms with van der Waals surface area (Å²) in [5.41, 5.74) is 0.738. The molecule has 0 atom stereocenters. The van der Waals surface area contributed by atoms with Crippen molar-refractivity contribution in [2.45, 2.75) is 20.3 Å². The van der Waals surface area contributed by atoms with Gasteiger partial charge in [0.25, 0.3) is 0 Å². The van der Waals surface area contributed by atoms with E-state index < -0.39 is 0 Å². The first-order valence-corrected chi connectivity index (χ1v) is 9.29. The van der Waals surface area contributed by atoms with Gasteiger partial charge in [-0.2, -0.15) is 0 Å². The summed E-state index contributed by atoms with van der Waals surface area (Å²) in [6.07, 6.45) is 0.911. The Kier molecular flexibility index (Phi) is 7.72. The number of urea groups is 1. The van der Waals surface area contributed by atoms with Gasteiger partial charge >= 0.3 is 6.03 Å². The van der Waals surface area contributed by atoms with Crippen LogP contribution >= 0.6 is 0 Å². The molecule has 1 aromatic rings. The molecular weight excluding hydrogens is 332 g/mol. The Morgan fingerprint density at radius 3 is 2.65 bits per heavy atom. The molecule has 1 saturated heterocycles. The van der Waals surface area contributed by atoms with E-state index in [9.17, 15) is 9.59 Å². The zero-order chi connectivity index (χ0) is 18.9. The molecule has 7 heteroatoms. The maximum Gasteiger partial charge on any atom is 0.325 e. The van der Waals surface area contributed by atoms with Gasteiger partial charge in [0.1, 0.15) is 12.3 Å². The standard InChI is InChI=1S/C19H30N4O3/c1-4-21(5-2)12-8-11-20-18(24)15-22-13-14-23(19(22)25)16-9-6-7-10-17(16)26-3/h6-7,9-10H,4-5,8,11-15H2,1-3H3,(H,20,24). The number of methoxy groups -OCH3 is 1. The molecule has 1 N–H and O–H groups in total. The lowest BCUT2D eigenvalue weighted by atomic mass is 10.2. The highest BCUT2D eigenvalue weighted by molar-refractivity contribution is 5.97. The Morgan fingerprint density at radius 1 is 1.23 bits per heavy atom. The summed E-state index contributed by atoms with van der Waals surface area (Å²) in [6.45, 7) is 9.08. The van der Waals surface area contributed by atoms with Crippen molar-refractivity contribution < 1.29 is 14.3 Å². The van der Waals surface area contributed by atoms with Crippen molar-refractivity contribution in [3.05, 3.63) is 24.3 Å². The highest BCUT2D eigenvalue weighted by Crippen LogP contribution is 2.30. The number of hydrogen-bond acceptors (Lipinski definition) is 4. The molecule has 3 amide bonds. The van der Waals surface area contributed by atoms with E-state index in [1.807, 2.05) is 24.3 Å². The minimum atomic E-state index is -0.159. The normalized spacial score (nSPS) is 14.2. The van der Waals surface area contributed by atoms with Crippen LogP contribution < -0.4 is 15.0 Å². The number of nitrogens with one attached hydrogen (secondary N) is 1. The Balaban J connectivity index is 1.80. The lowest BCUT2D eigenvalue weighted by Gasteiger charge is -2.20. The molecule has 1 fully saturated rings. The van der Waals surface area contributed by atoms with Crippen molar-refractivity contribution in [3.63, 3.8) is 0 Å². The highest BCUT2D eigenvalue weighted by Gasteiger charge is 2.32. The predicted octanol–water partition coefficient (Wildman–Crippen LogP) is 1.79. The third-order valence-corrected chi connectivity index (χ3v) is 4.67. The van der Waals surface area contributed by atoms with Crippen LogP contribution in [0, 0.1) is 0 Å². The van der Waals surface area contributed by atoms with Gasteiger partial charge in [0.05, 0.1) is 12.8 Å². The molecule has 0 aromatic heterocycles. The smallest absolute Gasteiger partial charge is 0.325 e. The van der Waals surface area contributed by atoms with Gasteiger partial charge in [0, 0.05) is 19.6 Å². The van der Waals surface area contributed by atoms with Crippen LogP contribution in [0.5, 0.6) is 5.75 Å². The molecule has 1 aliphatic rings. The summed E-state index contributed by atoms with van der Waals surface area (Å²) < 4.78 is 5.33. The van der Waals surface area contributed by atoms with E-state index in [1.54, 1.807) is 16.9 Å². The van der Waals surface area contributed by atoms with Crippen LogP contribution in [0.3, 0.4) is 0 Å². The molecule has 0 spiro atoms. The number of benzene rings is 1. The van der Waals surface area contributed by atoms with E-state index in [4.69, 9.17) is 4.74 Å². The maximum absolute atomic E-state index is 12.6. The summed E-state index contributed by atoms with van der Waals surface area (Å²) in [6, 6.07) is 7.26. The van der Waals surface area contributed by atoms with Crippen molar-refractivity contribution >= 4 is 17.6 Å². The lowest BCUT2D eigenvalue weighted by Crippen LogP contribution is -2.40. The highest BCUT2D eigenvalue weighted by atomic mass is 16.5. The zero-order valence-electron chi connectivity index (χ0n) is 16.0. The van der Waals surface area contributed by atoms with Crippen LogP contribution in [0.15, 0.2) is 24.3 Å². The average Bonchev–Trinajstić information content (AvgIpc) is 3.02. The quantitative estimate of drug-likeness (QED) is 0.645. The molecule has 144 valence electrons. The fourth-order valence-electron chi connectivity index (χ4n) is 3.11. The number of carbonyl (C=O) groups is 2. The molecule has 0 aliphatic carbocycles. The molecular formula is C19H30N4O3. The van der Waals surface area contributed by atoms with E-state index in [0.717, 1.165) is 31.7 Å². The molecule has 1 aliphatic heterocycles. The molecule has 0 saturated carbocycles. The van der Waals surface area contributed by atoms with Gasteiger partial charge in [-0.1, -0.05) is 26.0 Å². The first kappa shape index (κ1) is 20.0. The number of anilines is 1. The number of hydrogen-bond donors (Lipinski definition) is 1. The van der Waals surface area contributed by atoms with Gasteiger partial charge in [0.2, 0.25) is 5.91 Å². The lowest BCUT2D eigenvalue weighted by molar-refractivity contribution is -0.121. The van der Waals surface area contributed by atoms with Crippen LogP contribution in [0.4, 0.5) is 10.5 Å². The number of rotatable bonds is 10. The molecule has 26 heavy (non-hydrogen) atoms. The van der Waals surface area contributed by atoms with Gasteiger partial charge in [-0.3, -0.25) is 9.69 Å². The van der Waals surface area contributed by atoms with E-state index in [0.29, 0.717) is 25.4 Å². The van der Waals surface area contributed by atoms with Gasteiger partial charge < -0.3 is 19.9 Å². The zero-order valence-corrected chi connectivity index (χ0v) is 16.0. The van der Waals surface area contributed by atoms with Crippen LogP contribution in [0.2, 0.25) is 0 Å². The monoisotopic (exact) mass is 362 g/mol. The van der Waals surface area contributed by atoms with Crippen LogP contribution in [0.1, 0.15) is 20.3 Å². The molecule has 0 radical (unpaired) electrons. The van der Waals surface area contributed by atoms with Crippen molar-refractivity contribution in [2.75, 3.05) is 57.8 Å². The summed E-state index contributed by atoms with van der Waals surface area (Å²) >= 11 is 0. The van der Waals surface area contributed by atoms with Crippen LogP contribution in [0.25, 0.3) is 0 Å². The molecule has 0 unspecified atom stereocenters. The summed E-state index contributed by atoms with van der Waals surface area (Å²) in [4.78, 5) is 30.3. The van der Waals surface area contributed by atoms with E-state index >= 15 is 0 Å². The number of carbonyl (C=O) groups excluding carboxylic acids is 2. The minimum absolute atomic E-state index is 0.0930. The molecule has 1 heterocycles. The fraction of sp³-hybridized carbons (Fsp3) is 0.579. The fourth-order valence-corrected chi connectivity index (χ4v) is 3.11. The third kappa shape index (κ3) is 5.11. The molecule has 2 rings (SSSR count). The van der Waals surface area contributed by atoms with Crippen LogP contribution in [-0.4, -0.2) is 74.7 Å². The Hall–Kier alpha value is -2.28. The summed E-state index contributed by atoms with van der Waals surface area (Å²) in [5.74, 6) is 0.545. The number of ether oxygens (including phenoxy) is 1. The second-order valence-electron chi connectivity index (χ2n) is 6.26. The van der Waals surface area contributed by atoms with Crippen molar-refractivity contribution in [3.8, 4) is 5.75 Å². The molecule has 7 nitrogen and oxygen atoms in total. The second kappa shape index (κ2) is 10.0. The van der Waals surface area contributed by atoms with Gasteiger partial charge in [-0.05, 0) is 38.2 Å². The van der Waals surface area contributed by atoms with Crippen LogP contribution in [-0.2, 0) is 4.79 Å². The third-order valence-electron chi connectivity index (χ3n) is 4.67. The number of amides is 3. The average molecular weight is 362 g/mol. The minimum Gasteiger partial charge on any atom is -0.495 e. The molecule has 0 bridgehead atoms. The first-order valence-electron chi connectivity index (χ1n) is 9.29. The topological polar surface area (TPSA) is 65.1 Å². The first-order chi connectivity index (χ1) is 12.6. The second-order valence-corrected chi connectivity index (χ2v) is 6.26. The van der Waals surface area contributed by atoms with Gasteiger partial charge in [0.15, 0.2) is 0 Å².